The molecule has 214 valence electrons. The summed E-state index contributed by atoms with van der Waals surface area (Å²) < 4.78 is 1.56. The molecule has 0 atom stereocenters. The van der Waals surface area contributed by atoms with Crippen LogP contribution in [0.2, 0.25) is 30.4 Å². The van der Waals surface area contributed by atoms with Crippen molar-refractivity contribution >= 4 is 113 Å². The van der Waals surface area contributed by atoms with E-state index >= 15 is 0 Å². The van der Waals surface area contributed by atoms with E-state index in [-0.39, 0.29) is 43.9 Å². The smallest absolute Gasteiger partial charge is 0.256 e. The van der Waals surface area contributed by atoms with Gasteiger partial charge in [-0.3, -0.25) is 19.6 Å². The molecule has 0 aliphatic heterocycles. The highest BCUT2D eigenvalue weighted by Crippen LogP contribution is 2.24. The predicted octanol–water partition coefficient (Wildman–Crippen LogP) is 8.30. The molecule has 4 heterocycles. The Bertz CT molecular complexity index is 1540. The third-order valence-electron chi connectivity index (χ3n) is 4.99. The number of aromatic nitrogens is 4. The van der Waals surface area contributed by atoms with Gasteiger partial charge in [-0.15, -0.1) is 0 Å². The first-order valence-electron chi connectivity index (χ1n) is 11.2. The van der Waals surface area contributed by atoms with Gasteiger partial charge in [0.05, 0.1) is 49.2 Å². The molecule has 4 rings (SSSR count). The maximum absolute atomic E-state index is 12.0. The number of carbonyl (C=O) groups excluding carboxylic acids is 2. The lowest BCUT2D eigenvalue weighted by molar-refractivity contribution is 0.0943. The first-order valence-corrected chi connectivity index (χ1v) is 15.1. The van der Waals surface area contributed by atoms with Gasteiger partial charge in [-0.1, -0.05) is 69.6 Å². The van der Waals surface area contributed by atoms with E-state index in [1.54, 1.807) is 24.5 Å². The van der Waals surface area contributed by atoms with Crippen molar-refractivity contribution in [3.05, 3.63) is 111 Å². The molecule has 16 heteroatoms. The normalized spacial score (nSPS) is 10.4. The zero-order valence-electron chi connectivity index (χ0n) is 20.4. The van der Waals surface area contributed by atoms with Crippen LogP contribution >= 0.6 is 101 Å². The van der Waals surface area contributed by atoms with Crippen LogP contribution in [0.1, 0.15) is 32.1 Å². The van der Waals surface area contributed by atoms with Crippen LogP contribution < -0.4 is 10.6 Å². The summed E-state index contributed by atoms with van der Waals surface area (Å²) in [6, 6.07) is 6.45. The number of halogens is 8. The van der Waals surface area contributed by atoms with Gasteiger partial charge in [0.15, 0.2) is 0 Å². The maximum atomic E-state index is 12.0. The van der Waals surface area contributed by atoms with E-state index in [1.807, 2.05) is 0 Å². The Hall–Kier alpha value is -1.76. The van der Waals surface area contributed by atoms with Gasteiger partial charge in [0, 0.05) is 46.7 Å². The Balaban J connectivity index is 0.000000226. The minimum atomic E-state index is -0.436. The van der Waals surface area contributed by atoms with Gasteiger partial charge < -0.3 is 10.6 Å². The topological polar surface area (TPSA) is 110 Å². The summed E-state index contributed by atoms with van der Waals surface area (Å²) in [6.07, 6.45) is 6.60. The molecule has 0 aliphatic carbocycles. The summed E-state index contributed by atoms with van der Waals surface area (Å²) in [5.74, 6) is -0.819. The first-order chi connectivity index (χ1) is 19.5. The van der Waals surface area contributed by atoms with Crippen LogP contribution in [0.25, 0.3) is 0 Å². The van der Waals surface area contributed by atoms with E-state index in [0.717, 1.165) is 8.95 Å². The number of nitrogens with one attached hydrogen (secondary N) is 2. The van der Waals surface area contributed by atoms with Crippen molar-refractivity contribution in [3.8, 4) is 0 Å². The van der Waals surface area contributed by atoms with Crippen LogP contribution in [0.15, 0.2) is 58.0 Å². The van der Waals surface area contributed by atoms with Crippen LogP contribution in [-0.4, -0.2) is 38.3 Å². The number of hydrogen-bond acceptors (Lipinski definition) is 6. The minimum absolute atomic E-state index is 0.0462. The Morgan fingerprint density at radius 2 is 1.12 bits per heavy atom. The van der Waals surface area contributed by atoms with E-state index in [4.69, 9.17) is 69.6 Å². The second kappa shape index (κ2) is 16.2. The summed E-state index contributed by atoms with van der Waals surface area (Å²) >= 11 is 42.2. The van der Waals surface area contributed by atoms with E-state index in [2.05, 4.69) is 62.4 Å². The zero-order valence-corrected chi connectivity index (χ0v) is 28.1. The Morgan fingerprint density at radius 3 is 1.59 bits per heavy atom. The van der Waals surface area contributed by atoms with Gasteiger partial charge >= 0.3 is 0 Å². The average molecular weight is 805 g/mol. The van der Waals surface area contributed by atoms with E-state index in [9.17, 15) is 9.59 Å². The fourth-order valence-corrected chi connectivity index (χ4v) is 5.54. The van der Waals surface area contributed by atoms with Gasteiger partial charge in [-0.2, -0.15) is 0 Å². The van der Waals surface area contributed by atoms with Crippen LogP contribution in [0.5, 0.6) is 0 Å². The van der Waals surface area contributed by atoms with Gasteiger partial charge in [0.1, 0.15) is 10.3 Å². The van der Waals surface area contributed by atoms with Crippen molar-refractivity contribution in [3.63, 3.8) is 0 Å². The van der Waals surface area contributed by atoms with Gasteiger partial charge in [-0.05, 0) is 56.1 Å². The lowest BCUT2D eigenvalue weighted by atomic mass is 10.2. The number of rotatable bonds is 7. The first kappa shape index (κ1) is 33.7. The molecule has 0 spiro atoms. The SMILES string of the molecule is O=C(NCCc1ncc(Br)cc1Cl)c1c(Cl)ccnc1Cl.O=C(NCc1ncc(Br)cc1Cl)c1c(Cl)ccnc1Cl. The third-order valence-corrected chi connectivity index (χ3v) is 7.72. The lowest BCUT2D eigenvalue weighted by Gasteiger charge is -2.08. The molecule has 0 saturated heterocycles. The van der Waals surface area contributed by atoms with Crippen molar-refractivity contribution in [2.45, 2.75) is 13.0 Å². The number of pyridine rings is 4. The van der Waals surface area contributed by atoms with Crippen LogP contribution in [-0.2, 0) is 13.0 Å². The fraction of sp³-hybridized carbons (Fsp3) is 0.120. The highest BCUT2D eigenvalue weighted by atomic mass is 79.9. The van der Waals surface area contributed by atoms with Crippen molar-refractivity contribution < 1.29 is 9.59 Å². The Morgan fingerprint density at radius 1 is 0.659 bits per heavy atom. The molecule has 0 aromatic carbocycles. The number of hydrogen-bond donors (Lipinski definition) is 2. The molecule has 0 aliphatic rings. The summed E-state index contributed by atoms with van der Waals surface area (Å²) in [5, 5.41) is 6.95. The quantitative estimate of drug-likeness (QED) is 0.182. The Labute approximate surface area is 281 Å². The van der Waals surface area contributed by atoms with E-state index in [1.165, 1.54) is 24.5 Å². The molecule has 2 N–H and O–H groups in total. The standard InChI is InChI=1S/C13H9BrCl3N3O.C12H7BrCl3N3O/c14-7-5-9(16)10(20-6-7)2-4-19-13(21)11-8(15)1-3-18-12(11)17;13-6-3-8(15)9(18-4-6)5-19-12(20)10-7(14)1-2-17-11(10)16/h1,3,5-6H,2,4H2,(H,19,21);1-4H,5H2,(H,19,20). The molecule has 0 bridgehead atoms. The summed E-state index contributed by atoms with van der Waals surface area (Å²) in [6.45, 7) is 0.515. The highest BCUT2D eigenvalue weighted by Gasteiger charge is 2.17. The number of carbonyl (C=O) groups is 2. The van der Waals surface area contributed by atoms with Crippen LogP contribution in [0.4, 0.5) is 0 Å². The van der Waals surface area contributed by atoms with Crippen molar-refractivity contribution in [1.82, 2.24) is 30.6 Å². The monoisotopic (exact) mass is 800 g/mol. The molecular formula is C25H16Br2Cl6N6O2. The minimum Gasteiger partial charge on any atom is -0.352 e. The number of nitrogens with zero attached hydrogens (tertiary/aromatic N) is 4. The highest BCUT2D eigenvalue weighted by molar-refractivity contribution is 9.10. The van der Waals surface area contributed by atoms with Crippen LogP contribution in [0, 0.1) is 0 Å². The Kier molecular flexibility index (Phi) is 13.3. The second-order valence-corrected chi connectivity index (χ2v) is 11.9. The molecular weight excluding hydrogens is 789 g/mol. The molecule has 2 amide bonds. The van der Waals surface area contributed by atoms with Gasteiger partial charge in [0.2, 0.25) is 0 Å². The number of amides is 2. The predicted molar refractivity (Wildman–Crippen MR) is 170 cm³/mol. The van der Waals surface area contributed by atoms with Crippen molar-refractivity contribution in [2.75, 3.05) is 6.54 Å². The maximum Gasteiger partial charge on any atom is 0.256 e. The van der Waals surface area contributed by atoms with E-state index < -0.39 is 5.91 Å². The average Bonchev–Trinajstić information content (AvgIpc) is 2.89. The van der Waals surface area contributed by atoms with Crippen molar-refractivity contribution in [1.29, 1.82) is 0 Å². The van der Waals surface area contributed by atoms with Gasteiger partial charge in [0.25, 0.3) is 11.8 Å². The molecule has 8 nitrogen and oxygen atoms in total. The van der Waals surface area contributed by atoms with Crippen molar-refractivity contribution in [2.24, 2.45) is 0 Å². The molecule has 0 radical (unpaired) electrons. The molecule has 4 aromatic heterocycles. The molecule has 41 heavy (non-hydrogen) atoms. The fourth-order valence-electron chi connectivity index (χ4n) is 3.07. The molecule has 0 saturated carbocycles. The molecule has 4 aromatic rings. The molecule has 0 unspecified atom stereocenters. The third kappa shape index (κ3) is 9.90. The summed E-state index contributed by atoms with van der Waals surface area (Å²) in [5.41, 5.74) is 1.53. The van der Waals surface area contributed by atoms with Crippen LogP contribution in [0.3, 0.4) is 0 Å². The second-order valence-electron chi connectivity index (χ2n) is 7.77. The summed E-state index contributed by atoms with van der Waals surface area (Å²) in [4.78, 5) is 40.0. The largest absolute Gasteiger partial charge is 0.352 e. The molecule has 0 fully saturated rings. The van der Waals surface area contributed by atoms with Gasteiger partial charge in [-0.25, -0.2) is 9.97 Å². The lowest BCUT2D eigenvalue weighted by Crippen LogP contribution is -2.26. The zero-order chi connectivity index (χ0) is 30.1. The summed E-state index contributed by atoms with van der Waals surface area (Å²) in [7, 11) is 0. The van der Waals surface area contributed by atoms with E-state index in [0.29, 0.717) is 34.4 Å².